The van der Waals surface area contributed by atoms with Gasteiger partial charge < -0.3 is 5.73 Å². The van der Waals surface area contributed by atoms with Crippen molar-refractivity contribution in [1.82, 2.24) is 4.90 Å². The smallest absolute Gasteiger partial charge is 0.321 e. The van der Waals surface area contributed by atoms with Crippen LogP contribution >= 0.6 is 0 Å². The van der Waals surface area contributed by atoms with E-state index >= 15 is 0 Å². The van der Waals surface area contributed by atoms with Crippen molar-refractivity contribution in [2.45, 2.75) is 41.0 Å². The monoisotopic (exact) mass is 190 g/mol. The first kappa shape index (κ1) is 17.9. The quantitative estimate of drug-likeness (QED) is 0.687. The van der Waals surface area contributed by atoms with Gasteiger partial charge in [-0.3, -0.25) is 9.69 Å². The molecule has 0 aliphatic heterocycles. The summed E-state index contributed by atoms with van der Waals surface area (Å²) in [6, 6.07) is -0.707. The van der Waals surface area contributed by atoms with Gasteiger partial charge in [-0.15, -0.1) is 0 Å². The maximum atomic E-state index is 10.6. The van der Waals surface area contributed by atoms with Crippen LogP contribution in [-0.2, 0) is 4.79 Å². The third kappa shape index (κ3) is 10.9. The molecule has 0 aliphatic rings. The van der Waals surface area contributed by atoms with Crippen molar-refractivity contribution >= 4 is 11.9 Å². The van der Waals surface area contributed by atoms with Crippen LogP contribution in [-0.4, -0.2) is 23.9 Å². The molecule has 0 aromatic rings. The Hall–Kier alpha value is -1.06. The van der Waals surface area contributed by atoms with E-state index in [-0.39, 0.29) is 5.91 Å². The third-order valence-electron chi connectivity index (χ3n) is 1.01. The Morgan fingerprint density at radius 3 is 1.54 bits per heavy atom. The molecular weight excluding hydrogens is 168 g/mol. The Balaban J connectivity index is -0.000000218. The van der Waals surface area contributed by atoms with Crippen LogP contribution in [0.15, 0.2) is 0 Å². The lowest BCUT2D eigenvalue weighted by atomic mass is 10.4. The van der Waals surface area contributed by atoms with Gasteiger partial charge in [0.1, 0.15) is 0 Å². The normalized spacial score (nSPS) is 6.92. The standard InChI is InChI=1S/C5H10N2O2.2C2H6/c1-3-4(8)7(2)5(6)9;2*1-2/h3H2,1-2H3,(H2,6,9);2*1-2H3. The largest absolute Gasteiger partial charge is 0.351 e. The van der Waals surface area contributed by atoms with Gasteiger partial charge in [-0.1, -0.05) is 34.6 Å². The summed E-state index contributed by atoms with van der Waals surface area (Å²) in [5.74, 6) is -0.262. The summed E-state index contributed by atoms with van der Waals surface area (Å²) < 4.78 is 0. The van der Waals surface area contributed by atoms with Gasteiger partial charge in [0.15, 0.2) is 0 Å². The van der Waals surface area contributed by atoms with E-state index < -0.39 is 6.03 Å². The fourth-order valence-corrected chi connectivity index (χ4v) is 0.360. The van der Waals surface area contributed by atoms with Gasteiger partial charge in [0.2, 0.25) is 5.91 Å². The molecule has 0 atom stereocenters. The highest BCUT2D eigenvalue weighted by Crippen LogP contribution is 1.86. The molecule has 4 heteroatoms. The van der Waals surface area contributed by atoms with E-state index in [9.17, 15) is 9.59 Å². The molecule has 13 heavy (non-hydrogen) atoms. The summed E-state index contributed by atoms with van der Waals surface area (Å²) in [6.07, 6.45) is 0.305. The highest BCUT2D eigenvalue weighted by atomic mass is 16.2. The lowest BCUT2D eigenvalue weighted by molar-refractivity contribution is -0.126. The van der Waals surface area contributed by atoms with Crippen molar-refractivity contribution in [2.24, 2.45) is 5.73 Å². The number of hydrogen-bond acceptors (Lipinski definition) is 2. The zero-order valence-corrected chi connectivity index (χ0v) is 9.55. The van der Waals surface area contributed by atoms with Gasteiger partial charge in [0.05, 0.1) is 0 Å². The summed E-state index contributed by atoms with van der Waals surface area (Å²) in [5.41, 5.74) is 4.78. The number of nitrogens with zero attached hydrogens (tertiary/aromatic N) is 1. The average Bonchev–Trinajstić information content (AvgIpc) is 2.21. The Morgan fingerprint density at radius 1 is 1.15 bits per heavy atom. The average molecular weight is 190 g/mol. The van der Waals surface area contributed by atoms with Crippen molar-refractivity contribution in [1.29, 1.82) is 0 Å². The van der Waals surface area contributed by atoms with Crippen LogP contribution in [0.3, 0.4) is 0 Å². The molecule has 0 fully saturated rings. The number of primary amides is 1. The van der Waals surface area contributed by atoms with Crippen molar-refractivity contribution < 1.29 is 9.59 Å². The van der Waals surface area contributed by atoms with E-state index in [2.05, 4.69) is 0 Å². The number of hydrogen-bond donors (Lipinski definition) is 1. The first-order valence-corrected chi connectivity index (χ1v) is 4.65. The molecule has 0 aromatic carbocycles. The van der Waals surface area contributed by atoms with Gasteiger partial charge in [0, 0.05) is 13.5 Å². The minimum Gasteiger partial charge on any atom is -0.351 e. The topological polar surface area (TPSA) is 63.4 Å². The fourth-order valence-electron chi connectivity index (χ4n) is 0.360. The van der Waals surface area contributed by atoms with Gasteiger partial charge in [-0.2, -0.15) is 0 Å². The molecule has 0 heterocycles. The summed E-state index contributed by atoms with van der Waals surface area (Å²) >= 11 is 0. The van der Waals surface area contributed by atoms with Crippen LogP contribution in [0, 0.1) is 0 Å². The van der Waals surface area contributed by atoms with Gasteiger partial charge in [-0.25, -0.2) is 4.79 Å². The van der Waals surface area contributed by atoms with E-state index in [1.165, 1.54) is 7.05 Å². The molecule has 0 rings (SSSR count). The third-order valence-corrected chi connectivity index (χ3v) is 1.01. The zero-order chi connectivity index (χ0) is 11.4. The predicted molar refractivity (Wildman–Crippen MR) is 55.3 cm³/mol. The predicted octanol–water partition coefficient (Wildman–Crippen LogP) is 1.99. The molecule has 3 amide bonds. The molecule has 0 bridgehead atoms. The molecule has 0 unspecified atom stereocenters. The molecule has 2 N–H and O–H groups in total. The molecule has 0 saturated heterocycles. The number of rotatable bonds is 1. The van der Waals surface area contributed by atoms with Crippen molar-refractivity contribution in [2.75, 3.05) is 7.05 Å². The second-order valence-electron chi connectivity index (χ2n) is 1.64. The van der Waals surface area contributed by atoms with Crippen LogP contribution < -0.4 is 5.73 Å². The number of amides is 3. The van der Waals surface area contributed by atoms with Gasteiger partial charge >= 0.3 is 6.03 Å². The first-order valence-electron chi connectivity index (χ1n) is 4.65. The molecular formula is C9H22N2O2. The SMILES string of the molecule is CC.CC.CCC(=O)N(C)C(N)=O. The number of urea groups is 1. The second kappa shape index (κ2) is 13.5. The Bertz CT molecular complexity index is 136. The number of imide groups is 1. The molecule has 0 aliphatic carbocycles. The van der Waals surface area contributed by atoms with Crippen molar-refractivity contribution in [3.63, 3.8) is 0 Å². The summed E-state index contributed by atoms with van der Waals surface area (Å²) in [7, 11) is 1.36. The van der Waals surface area contributed by atoms with Crippen LogP contribution in [0.4, 0.5) is 4.79 Å². The van der Waals surface area contributed by atoms with E-state index in [0.29, 0.717) is 6.42 Å². The van der Waals surface area contributed by atoms with E-state index in [1.54, 1.807) is 6.92 Å². The van der Waals surface area contributed by atoms with Gasteiger partial charge in [0.25, 0.3) is 0 Å². The maximum Gasteiger partial charge on any atom is 0.321 e. The number of carbonyl (C=O) groups excluding carboxylic acids is 2. The second-order valence-corrected chi connectivity index (χ2v) is 1.64. The Morgan fingerprint density at radius 2 is 1.46 bits per heavy atom. The Labute approximate surface area is 81.1 Å². The summed E-state index contributed by atoms with van der Waals surface area (Å²) in [5, 5.41) is 0. The van der Waals surface area contributed by atoms with Crippen LogP contribution in [0.1, 0.15) is 41.0 Å². The molecule has 0 spiro atoms. The molecule has 4 nitrogen and oxygen atoms in total. The van der Waals surface area contributed by atoms with Crippen molar-refractivity contribution in [3.05, 3.63) is 0 Å². The number of carbonyl (C=O) groups is 2. The summed E-state index contributed by atoms with van der Waals surface area (Å²) in [6.45, 7) is 9.67. The molecule has 80 valence electrons. The van der Waals surface area contributed by atoms with Crippen LogP contribution in [0.2, 0.25) is 0 Å². The maximum absolute atomic E-state index is 10.6. The zero-order valence-electron chi connectivity index (χ0n) is 9.55. The van der Waals surface area contributed by atoms with Crippen molar-refractivity contribution in [3.8, 4) is 0 Å². The summed E-state index contributed by atoms with van der Waals surface area (Å²) in [4.78, 5) is 21.7. The highest BCUT2D eigenvalue weighted by molar-refractivity contribution is 5.93. The van der Waals surface area contributed by atoms with E-state index in [1.807, 2.05) is 27.7 Å². The Kier molecular flexibility index (Phi) is 18.6. The number of nitrogens with two attached hydrogens (primary N) is 1. The lowest BCUT2D eigenvalue weighted by Gasteiger charge is -2.09. The molecule has 0 aromatic heterocycles. The van der Waals surface area contributed by atoms with Gasteiger partial charge in [-0.05, 0) is 0 Å². The molecule has 0 radical (unpaired) electrons. The van der Waals surface area contributed by atoms with Crippen LogP contribution in [0.5, 0.6) is 0 Å². The highest BCUT2D eigenvalue weighted by Gasteiger charge is 2.09. The van der Waals surface area contributed by atoms with E-state index in [4.69, 9.17) is 5.73 Å². The van der Waals surface area contributed by atoms with E-state index in [0.717, 1.165) is 4.90 Å². The van der Waals surface area contributed by atoms with Crippen LogP contribution in [0.25, 0.3) is 0 Å². The minimum absolute atomic E-state index is 0.262. The fraction of sp³-hybridized carbons (Fsp3) is 0.778. The minimum atomic E-state index is -0.707. The first-order chi connectivity index (χ1) is 6.09. The molecule has 0 saturated carbocycles. The lowest BCUT2D eigenvalue weighted by Crippen LogP contribution is -2.36.